The highest BCUT2D eigenvalue weighted by molar-refractivity contribution is 4.82. The Balaban J connectivity index is 2.16. The van der Waals surface area contributed by atoms with Gasteiger partial charge < -0.3 is 15.2 Å². The van der Waals surface area contributed by atoms with Crippen LogP contribution in [0.15, 0.2) is 0 Å². The van der Waals surface area contributed by atoms with E-state index in [2.05, 4.69) is 12.2 Å². The zero-order valence-electron chi connectivity index (χ0n) is 9.33. The first kappa shape index (κ1) is 12.0. The van der Waals surface area contributed by atoms with Crippen LogP contribution in [0.5, 0.6) is 0 Å². The van der Waals surface area contributed by atoms with E-state index in [0.717, 1.165) is 13.2 Å². The Morgan fingerprint density at radius 2 is 2.29 bits per heavy atom. The summed E-state index contributed by atoms with van der Waals surface area (Å²) in [6.45, 7) is 4.31. The number of aliphatic hydroxyl groups excluding tert-OH is 1. The predicted molar refractivity (Wildman–Crippen MR) is 57.3 cm³/mol. The van der Waals surface area contributed by atoms with Crippen LogP contribution < -0.4 is 5.32 Å². The van der Waals surface area contributed by atoms with Crippen molar-refractivity contribution >= 4 is 0 Å². The normalized spacial score (nSPS) is 29.4. The number of methoxy groups -OCH3 is 1. The highest BCUT2D eigenvalue weighted by Gasteiger charge is 2.26. The van der Waals surface area contributed by atoms with Crippen LogP contribution >= 0.6 is 0 Å². The molecule has 1 fully saturated rings. The maximum atomic E-state index is 9.14. The van der Waals surface area contributed by atoms with Gasteiger partial charge >= 0.3 is 0 Å². The summed E-state index contributed by atoms with van der Waals surface area (Å²) in [5.41, 5.74) is 0. The van der Waals surface area contributed by atoms with Crippen LogP contribution in [0.1, 0.15) is 26.2 Å². The van der Waals surface area contributed by atoms with Crippen molar-refractivity contribution in [1.29, 1.82) is 0 Å². The van der Waals surface area contributed by atoms with E-state index >= 15 is 0 Å². The summed E-state index contributed by atoms with van der Waals surface area (Å²) >= 11 is 0. The van der Waals surface area contributed by atoms with Crippen LogP contribution in [-0.4, -0.2) is 38.0 Å². The van der Waals surface area contributed by atoms with Gasteiger partial charge in [-0.05, 0) is 24.7 Å². The first-order valence-corrected chi connectivity index (χ1v) is 5.61. The summed E-state index contributed by atoms with van der Waals surface area (Å²) in [5.74, 6) is 1.03. The molecular weight excluding hydrogens is 178 g/mol. The summed E-state index contributed by atoms with van der Waals surface area (Å²) in [4.78, 5) is 0. The SMILES string of the molecule is COCC(C)CNC1CCCC1CO. The second kappa shape index (κ2) is 6.38. The first-order valence-electron chi connectivity index (χ1n) is 5.61. The molecule has 3 nitrogen and oxygen atoms in total. The maximum Gasteiger partial charge on any atom is 0.0499 e. The van der Waals surface area contributed by atoms with Crippen molar-refractivity contribution in [3.63, 3.8) is 0 Å². The number of nitrogens with one attached hydrogen (secondary N) is 1. The van der Waals surface area contributed by atoms with Crippen molar-refractivity contribution in [1.82, 2.24) is 5.32 Å². The third kappa shape index (κ3) is 3.56. The fourth-order valence-electron chi connectivity index (χ4n) is 2.22. The van der Waals surface area contributed by atoms with Crippen molar-refractivity contribution in [2.24, 2.45) is 11.8 Å². The molecule has 0 saturated heterocycles. The van der Waals surface area contributed by atoms with E-state index in [1.165, 1.54) is 19.3 Å². The minimum absolute atomic E-state index is 0.330. The Morgan fingerprint density at radius 3 is 2.93 bits per heavy atom. The molecule has 0 aromatic heterocycles. The summed E-state index contributed by atoms with van der Waals surface area (Å²) in [7, 11) is 1.74. The Kier molecular flexibility index (Phi) is 5.45. The lowest BCUT2D eigenvalue weighted by Crippen LogP contribution is -2.37. The van der Waals surface area contributed by atoms with Gasteiger partial charge in [0, 0.05) is 32.9 Å². The molecule has 0 aromatic carbocycles. The lowest BCUT2D eigenvalue weighted by atomic mass is 10.0. The van der Waals surface area contributed by atoms with E-state index in [9.17, 15) is 0 Å². The molecular formula is C11H23NO2. The molecule has 3 unspecified atom stereocenters. The molecule has 0 aromatic rings. The van der Waals surface area contributed by atoms with Gasteiger partial charge in [-0.25, -0.2) is 0 Å². The molecule has 1 rings (SSSR count). The van der Waals surface area contributed by atoms with Crippen LogP contribution in [-0.2, 0) is 4.74 Å². The molecule has 0 heterocycles. The molecule has 0 bridgehead atoms. The van der Waals surface area contributed by atoms with Crippen LogP contribution in [0, 0.1) is 11.8 Å². The topological polar surface area (TPSA) is 41.5 Å². The van der Waals surface area contributed by atoms with Crippen LogP contribution in [0.4, 0.5) is 0 Å². The molecule has 1 aliphatic carbocycles. The van der Waals surface area contributed by atoms with Gasteiger partial charge in [0.05, 0.1) is 0 Å². The summed E-state index contributed by atoms with van der Waals surface area (Å²) in [6, 6.07) is 0.527. The van der Waals surface area contributed by atoms with Gasteiger partial charge in [0.25, 0.3) is 0 Å². The average Bonchev–Trinajstić information content (AvgIpc) is 2.62. The average molecular weight is 201 g/mol. The summed E-state index contributed by atoms with van der Waals surface area (Å²) < 4.78 is 5.08. The Morgan fingerprint density at radius 1 is 1.50 bits per heavy atom. The van der Waals surface area contributed by atoms with E-state index in [0.29, 0.717) is 24.5 Å². The second-order valence-electron chi connectivity index (χ2n) is 4.45. The van der Waals surface area contributed by atoms with Gasteiger partial charge in [-0.2, -0.15) is 0 Å². The van der Waals surface area contributed by atoms with E-state index in [4.69, 9.17) is 9.84 Å². The smallest absolute Gasteiger partial charge is 0.0499 e. The molecule has 0 spiro atoms. The van der Waals surface area contributed by atoms with Crippen LogP contribution in [0.2, 0.25) is 0 Å². The molecule has 0 radical (unpaired) electrons. The number of hydrogen-bond acceptors (Lipinski definition) is 3. The zero-order chi connectivity index (χ0) is 10.4. The molecule has 3 heteroatoms. The lowest BCUT2D eigenvalue weighted by Gasteiger charge is -2.21. The molecule has 0 amide bonds. The van der Waals surface area contributed by atoms with E-state index in [1.54, 1.807) is 7.11 Å². The van der Waals surface area contributed by atoms with Crippen LogP contribution in [0.25, 0.3) is 0 Å². The Hall–Kier alpha value is -0.120. The molecule has 1 saturated carbocycles. The quantitative estimate of drug-likeness (QED) is 0.674. The van der Waals surface area contributed by atoms with Gasteiger partial charge in [-0.1, -0.05) is 13.3 Å². The fraction of sp³-hybridized carbons (Fsp3) is 1.00. The van der Waals surface area contributed by atoms with Gasteiger partial charge in [0.1, 0.15) is 0 Å². The van der Waals surface area contributed by atoms with Crippen molar-refractivity contribution in [2.45, 2.75) is 32.2 Å². The van der Waals surface area contributed by atoms with Gasteiger partial charge in [0.15, 0.2) is 0 Å². The monoisotopic (exact) mass is 201 g/mol. The third-order valence-electron chi connectivity index (χ3n) is 3.07. The van der Waals surface area contributed by atoms with Crippen LogP contribution in [0.3, 0.4) is 0 Å². The highest BCUT2D eigenvalue weighted by atomic mass is 16.5. The summed E-state index contributed by atoms with van der Waals surface area (Å²) in [5, 5.41) is 12.7. The Labute approximate surface area is 86.8 Å². The van der Waals surface area contributed by atoms with E-state index < -0.39 is 0 Å². The van der Waals surface area contributed by atoms with Gasteiger partial charge in [0.2, 0.25) is 0 Å². The largest absolute Gasteiger partial charge is 0.396 e. The summed E-state index contributed by atoms with van der Waals surface area (Å²) in [6.07, 6.45) is 3.64. The molecule has 1 aliphatic rings. The van der Waals surface area contributed by atoms with E-state index in [-0.39, 0.29) is 0 Å². The number of hydrogen-bond donors (Lipinski definition) is 2. The highest BCUT2D eigenvalue weighted by Crippen LogP contribution is 2.24. The standard InChI is InChI=1S/C11H23NO2/c1-9(8-14-2)6-12-11-5-3-4-10(11)7-13/h9-13H,3-8H2,1-2H3. The molecule has 0 aliphatic heterocycles. The van der Waals surface area contributed by atoms with Crippen molar-refractivity contribution < 1.29 is 9.84 Å². The number of aliphatic hydroxyl groups is 1. The van der Waals surface area contributed by atoms with Gasteiger partial charge in [-0.15, -0.1) is 0 Å². The number of rotatable bonds is 6. The minimum atomic E-state index is 0.330. The second-order valence-corrected chi connectivity index (χ2v) is 4.45. The van der Waals surface area contributed by atoms with Crippen molar-refractivity contribution in [3.05, 3.63) is 0 Å². The predicted octanol–water partition coefficient (Wildman–Crippen LogP) is 1.02. The molecule has 2 N–H and O–H groups in total. The first-order chi connectivity index (χ1) is 6.77. The Bertz CT molecular complexity index is 152. The van der Waals surface area contributed by atoms with Crippen molar-refractivity contribution in [3.8, 4) is 0 Å². The fourth-order valence-corrected chi connectivity index (χ4v) is 2.22. The maximum absolute atomic E-state index is 9.14. The van der Waals surface area contributed by atoms with E-state index in [1.807, 2.05) is 0 Å². The number of ether oxygens (including phenoxy) is 1. The molecule has 14 heavy (non-hydrogen) atoms. The zero-order valence-corrected chi connectivity index (χ0v) is 9.33. The van der Waals surface area contributed by atoms with Crippen molar-refractivity contribution in [2.75, 3.05) is 26.9 Å². The molecule has 3 atom stereocenters. The molecule has 84 valence electrons. The van der Waals surface area contributed by atoms with Gasteiger partial charge in [-0.3, -0.25) is 0 Å². The third-order valence-corrected chi connectivity index (χ3v) is 3.07. The lowest BCUT2D eigenvalue weighted by molar-refractivity contribution is 0.151. The minimum Gasteiger partial charge on any atom is -0.396 e.